The number of H-pyrrole nitrogens is 1. The number of aromatic nitrogens is 1. The van der Waals surface area contributed by atoms with Gasteiger partial charge in [-0.3, -0.25) is 9.59 Å². The molecule has 2 amide bonds. The van der Waals surface area contributed by atoms with E-state index < -0.39 is 46.4 Å². The Morgan fingerprint density at radius 1 is 1.11 bits per heavy atom. The minimum absolute atomic E-state index is 0.0183. The van der Waals surface area contributed by atoms with E-state index in [1.54, 1.807) is 12.1 Å². The van der Waals surface area contributed by atoms with Crippen LogP contribution in [0.3, 0.4) is 0 Å². The summed E-state index contributed by atoms with van der Waals surface area (Å²) in [5.41, 5.74) is 1.42. The van der Waals surface area contributed by atoms with Crippen LogP contribution in [0.2, 0.25) is 0 Å². The number of fused-ring (bicyclic) bond motifs is 3. The molecule has 2 aromatic carbocycles. The van der Waals surface area contributed by atoms with E-state index in [9.17, 15) is 27.9 Å². The van der Waals surface area contributed by atoms with Crippen molar-refractivity contribution < 1.29 is 27.9 Å². The topological polar surface area (TPSA) is 157 Å². The number of hydrogen-bond acceptors (Lipinski definition) is 6. The Bertz CT molecular complexity index is 1390. The minimum Gasteiger partial charge on any atom is -0.480 e. The molecule has 1 aliphatic rings. The van der Waals surface area contributed by atoms with Gasteiger partial charge in [0.1, 0.15) is 12.1 Å². The number of amides is 2. The van der Waals surface area contributed by atoms with Crippen LogP contribution in [-0.2, 0) is 30.8 Å². The van der Waals surface area contributed by atoms with Gasteiger partial charge >= 0.3 is 5.97 Å². The second-order valence-electron chi connectivity index (χ2n) is 7.80. The van der Waals surface area contributed by atoms with Gasteiger partial charge in [0.25, 0.3) is 0 Å². The molecular formula is C22H21BrN4O6S2. The molecule has 35 heavy (non-hydrogen) atoms. The van der Waals surface area contributed by atoms with Gasteiger partial charge in [0.15, 0.2) is 0 Å². The highest BCUT2D eigenvalue weighted by atomic mass is 79.9. The van der Waals surface area contributed by atoms with Crippen LogP contribution in [0.15, 0.2) is 62.9 Å². The smallest absolute Gasteiger partial charge is 0.327 e. The van der Waals surface area contributed by atoms with Gasteiger partial charge in [0.2, 0.25) is 21.8 Å². The van der Waals surface area contributed by atoms with Crippen molar-refractivity contribution in [2.45, 2.75) is 28.4 Å². The van der Waals surface area contributed by atoms with E-state index in [0.717, 1.165) is 10.9 Å². The first kappa shape index (κ1) is 25.2. The Balaban J connectivity index is 1.74. The number of carbonyl (C=O) groups is 3. The number of sulfonamides is 1. The molecular weight excluding hydrogens is 560 g/mol. The molecule has 0 saturated carbocycles. The van der Waals surface area contributed by atoms with E-state index in [1.165, 1.54) is 23.9 Å². The molecule has 10 nitrogen and oxygen atoms in total. The number of aliphatic carboxylic acids is 1. The maximum Gasteiger partial charge on any atom is 0.327 e. The van der Waals surface area contributed by atoms with Crippen LogP contribution >= 0.6 is 27.7 Å². The lowest BCUT2D eigenvalue weighted by Crippen LogP contribution is -2.52. The summed E-state index contributed by atoms with van der Waals surface area (Å²) in [5, 5.41) is 15.7. The van der Waals surface area contributed by atoms with Gasteiger partial charge in [-0.05, 0) is 35.9 Å². The number of rotatable bonds is 4. The van der Waals surface area contributed by atoms with Crippen molar-refractivity contribution in [1.82, 2.24) is 20.3 Å². The summed E-state index contributed by atoms with van der Waals surface area (Å²) in [6, 6.07) is 10.9. The van der Waals surface area contributed by atoms with Crippen molar-refractivity contribution in [2.24, 2.45) is 0 Å². The Kier molecular flexibility index (Phi) is 7.50. The summed E-state index contributed by atoms with van der Waals surface area (Å²) in [4.78, 5) is 40.1. The van der Waals surface area contributed by atoms with Crippen LogP contribution in [0, 0.1) is 0 Å². The molecule has 5 N–H and O–H groups in total. The molecule has 0 fully saturated rings. The maximum absolute atomic E-state index is 13.1. The highest BCUT2D eigenvalue weighted by molar-refractivity contribution is 9.10. The lowest BCUT2D eigenvalue weighted by Gasteiger charge is -2.21. The first-order chi connectivity index (χ1) is 16.6. The lowest BCUT2D eigenvalue weighted by molar-refractivity contribution is -0.141. The van der Waals surface area contributed by atoms with Crippen LogP contribution in [0.5, 0.6) is 0 Å². The Hall–Kier alpha value is -2.87. The third kappa shape index (κ3) is 5.86. The molecule has 2 heterocycles. The fraction of sp³-hybridized carbons (Fsp3) is 0.227. The number of carboxylic acid groups (broad SMARTS) is 1. The Morgan fingerprint density at radius 3 is 2.54 bits per heavy atom. The summed E-state index contributed by atoms with van der Waals surface area (Å²) < 4.78 is 29.3. The minimum atomic E-state index is -4.07. The van der Waals surface area contributed by atoms with Gasteiger partial charge in [-0.15, -0.1) is 11.8 Å². The first-order valence-electron chi connectivity index (χ1n) is 10.4. The first-order valence-corrected chi connectivity index (χ1v) is 13.7. The van der Waals surface area contributed by atoms with Gasteiger partial charge in [-0.1, -0.05) is 34.1 Å². The molecule has 1 aromatic heterocycles. The van der Waals surface area contributed by atoms with Crippen LogP contribution in [-0.4, -0.2) is 60.7 Å². The molecule has 0 spiro atoms. The predicted molar refractivity (Wildman–Crippen MR) is 134 cm³/mol. The zero-order valence-corrected chi connectivity index (χ0v) is 21.3. The van der Waals surface area contributed by atoms with Crippen LogP contribution in [0.25, 0.3) is 10.9 Å². The molecule has 13 heteroatoms. The molecule has 0 aliphatic carbocycles. The van der Waals surface area contributed by atoms with Gasteiger partial charge in [0, 0.05) is 27.5 Å². The molecule has 0 saturated heterocycles. The van der Waals surface area contributed by atoms with Crippen molar-refractivity contribution in [1.29, 1.82) is 0 Å². The summed E-state index contributed by atoms with van der Waals surface area (Å²) in [6.45, 7) is -0.496. The molecule has 3 aromatic rings. The second kappa shape index (κ2) is 10.4. The van der Waals surface area contributed by atoms with Crippen molar-refractivity contribution in [3.63, 3.8) is 0 Å². The van der Waals surface area contributed by atoms with E-state index in [4.69, 9.17) is 0 Å². The fourth-order valence-electron chi connectivity index (χ4n) is 3.64. The number of aromatic amines is 1. The number of nitrogens with one attached hydrogen (secondary N) is 4. The second-order valence-corrected chi connectivity index (χ2v) is 11.5. The molecule has 2 unspecified atom stereocenters. The van der Waals surface area contributed by atoms with E-state index in [2.05, 4.69) is 36.3 Å². The van der Waals surface area contributed by atoms with E-state index in [1.807, 2.05) is 24.3 Å². The summed E-state index contributed by atoms with van der Waals surface area (Å²) in [6.07, 6.45) is -0.0205. The SMILES string of the molecule is O=C1CNC(=O)C(NS(=O)(=O)c2ccc(Br)cc2)Cc2c([nH]c3ccccc23)SCC(C(=O)O)N1. The highest BCUT2D eigenvalue weighted by Crippen LogP contribution is 2.31. The molecule has 1 aliphatic heterocycles. The van der Waals surface area contributed by atoms with Gasteiger partial charge in [-0.2, -0.15) is 4.72 Å². The maximum atomic E-state index is 13.1. The zero-order valence-electron chi connectivity index (χ0n) is 18.1. The third-order valence-corrected chi connectivity index (χ3v) is 8.52. The van der Waals surface area contributed by atoms with Crippen LogP contribution in [0.1, 0.15) is 5.56 Å². The number of carbonyl (C=O) groups excluding carboxylic acids is 2. The van der Waals surface area contributed by atoms with Crippen molar-refractivity contribution in [2.75, 3.05) is 12.3 Å². The summed E-state index contributed by atoms with van der Waals surface area (Å²) in [5.74, 6) is -2.58. The fourth-order valence-corrected chi connectivity index (χ4v) is 6.21. The van der Waals surface area contributed by atoms with Crippen molar-refractivity contribution in [3.05, 3.63) is 58.6 Å². The van der Waals surface area contributed by atoms with Gasteiger partial charge in [0.05, 0.1) is 16.5 Å². The third-order valence-electron chi connectivity index (χ3n) is 5.37. The number of benzene rings is 2. The monoisotopic (exact) mass is 580 g/mol. The van der Waals surface area contributed by atoms with E-state index >= 15 is 0 Å². The average molecular weight is 581 g/mol. The summed E-state index contributed by atoms with van der Waals surface area (Å²) >= 11 is 4.44. The van der Waals surface area contributed by atoms with Gasteiger partial charge in [-0.25, -0.2) is 13.2 Å². The standard InChI is InChI=1S/C22H21BrN4O6S2/c23-12-5-7-13(8-6-12)35(32,33)27-17-9-15-14-3-1-2-4-16(14)26-21(15)34-11-18(22(30)31)25-19(28)10-24-20(17)29/h1-8,17-18,26-27H,9-11H2,(H,24,29)(H,25,28)(H,30,31). The van der Waals surface area contributed by atoms with Crippen molar-refractivity contribution in [3.8, 4) is 0 Å². The van der Waals surface area contributed by atoms with E-state index in [-0.39, 0.29) is 17.1 Å². The number of carboxylic acids is 1. The quantitative estimate of drug-likeness (QED) is 0.313. The molecule has 0 bridgehead atoms. The normalized spacial score (nSPS) is 19.7. The number of thioether (sulfide) groups is 1. The Morgan fingerprint density at radius 2 is 1.83 bits per heavy atom. The van der Waals surface area contributed by atoms with Crippen LogP contribution < -0.4 is 15.4 Å². The number of para-hydroxylation sites is 1. The molecule has 184 valence electrons. The highest BCUT2D eigenvalue weighted by Gasteiger charge is 2.30. The largest absolute Gasteiger partial charge is 0.480 e. The molecule has 2 atom stereocenters. The molecule has 4 rings (SSSR count). The van der Waals surface area contributed by atoms with Crippen molar-refractivity contribution >= 4 is 66.4 Å². The lowest BCUT2D eigenvalue weighted by atomic mass is 10.0. The Labute approximate surface area is 213 Å². The van der Waals surface area contributed by atoms with Crippen LogP contribution in [0.4, 0.5) is 0 Å². The molecule has 0 radical (unpaired) electrons. The average Bonchev–Trinajstić information content (AvgIpc) is 3.16. The summed E-state index contributed by atoms with van der Waals surface area (Å²) in [7, 11) is -4.07. The number of halogens is 1. The zero-order chi connectivity index (χ0) is 25.2. The predicted octanol–water partition coefficient (Wildman–Crippen LogP) is 1.61. The van der Waals surface area contributed by atoms with E-state index in [0.29, 0.717) is 15.1 Å². The number of hydrogen-bond donors (Lipinski definition) is 5. The van der Waals surface area contributed by atoms with Gasteiger partial charge < -0.3 is 20.7 Å².